The molecule has 3 fully saturated rings. The van der Waals surface area contributed by atoms with E-state index < -0.39 is 0 Å². The predicted octanol–water partition coefficient (Wildman–Crippen LogP) is 18.3. The van der Waals surface area contributed by atoms with Crippen molar-refractivity contribution >= 4 is 49.3 Å². The number of hydrogen-bond acceptors (Lipinski definition) is 5. The van der Waals surface area contributed by atoms with Crippen molar-refractivity contribution in [2.24, 2.45) is 11.8 Å². The molecule has 3 heterocycles. The van der Waals surface area contributed by atoms with Gasteiger partial charge < -0.3 is 19.5 Å². The van der Waals surface area contributed by atoms with Crippen LogP contribution in [0, 0.1) is 44.7 Å². The van der Waals surface area contributed by atoms with Crippen LogP contribution in [0.5, 0.6) is 0 Å². The van der Waals surface area contributed by atoms with Gasteiger partial charge in [0.15, 0.2) is 5.78 Å². The van der Waals surface area contributed by atoms with Gasteiger partial charge in [-0.1, -0.05) is 177 Å². The smallest absolute Gasteiger partial charge is 0.162 e. The molecule has 6 heteroatoms. The van der Waals surface area contributed by atoms with Gasteiger partial charge in [0.05, 0.1) is 11.3 Å². The van der Waals surface area contributed by atoms with Crippen LogP contribution in [0.1, 0.15) is 163 Å². The van der Waals surface area contributed by atoms with Crippen LogP contribution in [0.25, 0.3) is 66.0 Å². The third kappa shape index (κ3) is 12.4. The number of benzene rings is 5. The fourth-order valence-electron chi connectivity index (χ4n) is 11.6. The number of carbonyl (C=O) groups is 1. The molecule has 8 aromatic rings. The first-order valence-electron chi connectivity index (χ1n) is 26.5. The fraction of sp³-hybridized carbons (Fsp3) is 0.400. The fourth-order valence-corrected chi connectivity index (χ4v) is 11.6. The summed E-state index contributed by atoms with van der Waals surface area (Å²) in [6, 6.07) is 39.4. The zero-order valence-electron chi connectivity index (χ0n) is 42.9. The van der Waals surface area contributed by atoms with Gasteiger partial charge in [0.1, 0.15) is 5.58 Å². The summed E-state index contributed by atoms with van der Waals surface area (Å²) < 4.78 is 6.23. The van der Waals surface area contributed by atoms with E-state index in [0.717, 1.165) is 67.7 Å². The summed E-state index contributed by atoms with van der Waals surface area (Å²) in [7, 11) is 0. The van der Waals surface area contributed by atoms with Gasteiger partial charge >= 0.3 is 0 Å². The molecular weight excluding hydrogens is 1050 g/mol. The summed E-state index contributed by atoms with van der Waals surface area (Å²) in [6.07, 6.45) is 23.2. The van der Waals surface area contributed by atoms with Crippen LogP contribution in [0.3, 0.4) is 0 Å². The summed E-state index contributed by atoms with van der Waals surface area (Å²) in [6.45, 7) is 12.6. The number of aromatic nitrogens is 2. The Kier molecular flexibility index (Phi) is 17.5. The monoisotopic (exact) mass is 1120 g/mol. The van der Waals surface area contributed by atoms with Crippen molar-refractivity contribution in [1.82, 2.24) is 9.97 Å². The topological polar surface area (TPSA) is 76.2 Å². The van der Waals surface area contributed by atoms with Crippen molar-refractivity contribution in [3.63, 3.8) is 0 Å². The van der Waals surface area contributed by atoms with E-state index >= 15 is 0 Å². The van der Waals surface area contributed by atoms with Crippen LogP contribution in [-0.2, 0) is 24.9 Å². The summed E-state index contributed by atoms with van der Waals surface area (Å²) in [5.41, 5.74) is 12.7. The van der Waals surface area contributed by atoms with E-state index in [1.165, 1.54) is 128 Å². The summed E-state index contributed by atoms with van der Waals surface area (Å²) in [5.74, 6) is 2.97. The molecule has 3 aliphatic rings. The molecule has 3 saturated carbocycles. The maximum atomic E-state index is 12.3. The Bertz CT molecular complexity index is 3120. The molecule has 1 radical (unpaired) electrons. The van der Waals surface area contributed by atoms with Crippen LogP contribution in [-0.4, -0.2) is 20.9 Å². The molecule has 11 rings (SSSR count). The molecule has 3 aliphatic carbocycles. The van der Waals surface area contributed by atoms with Crippen LogP contribution in [0.15, 0.2) is 119 Å². The Labute approximate surface area is 436 Å². The van der Waals surface area contributed by atoms with Crippen molar-refractivity contribution in [3.05, 3.63) is 155 Å². The van der Waals surface area contributed by atoms with E-state index in [4.69, 9.17) is 9.40 Å². The first kappa shape index (κ1) is 51.9. The number of nitrogens with zero attached hydrogens (tertiary/aromatic N) is 2. The molecule has 3 aromatic heterocycles. The zero-order valence-corrected chi connectivity index (χ0v) is 45.3. The van der Waals surface area contributed by atoms with Gasteiger partial charge in [-0.15, -0.1) is 52.6 Å². The standard InChI is InChI=1S/C25H20NO.C22H22N.C18H30O2.Ir/c1-15(2)17-8-9-19-18(14-17)10-11-26-24(19)22-13-16(3)12-21-20-6-4-5-7-23(20)27-25(21)22;1-15-11-16(2)13-20(12-15)22-21-8-7-18(17-5-3-4-6-17)14-19(21)9-10-23-22;1-14(17(19)12-15-8-4-2-5-9-15)18(20)13-16-10-6-3-7-11-16;/h4-12,14-15H,1-3H3;7-12,14,17H,3-6H2,1-2H3;15-16,19H,2-13H2,1H3;/q2*-1;;/b;;17-14-;. The van der Waals surface area contributed by atoms with Gasteiger partial charge in [0, 0.05) is 56.3 Å². The van der Waals surface area contributed by atoms with E-state index in [1.807, 2.05) is 37.5 Å². The first-order chi connectivity index (χ1) is 34.0. The second-order valence-electron chi connectivity index (χ2n) is 21.3. The third-order valence-electron chi connectivity index (χ3n) is 15.5. The minimum absolute atomic E-state index is 0. The number of fused-ring (bicyclic) bond motifs is 5. The molecule has 0 atom stereocenters. The number of hydrogen-bond donors (Lipinski definition) is 1. The molecule has 5 aromatic carbocycles. The van der Waals surface area contributed by atoms with Crippen molar-refractivity contribution in [2.75, 3.05) is 0 Å². The van der Waals surface area contributed by atoms with Crippen molar-refractivity contribution in [2.45, 2.75) is 156 Å². The number of furan rings is 1. The summed E-state index contributed by atoms with van der Waals surface area (Å²) in [5, 5.41) is 17.3. The second-order valence-corrected chi connectivity index (χ2v) is 21.3. The van der Waals surface area contributed by atoms with Crippen LogP contribution in [0.4, 0.5) is 0 Å². The normalized spacial score (nSPS) is 16.1. The molecular formula is C65H72IrN2O3-2. The van der Waals surface area contributed by atoms with Gasteiger partial charge in [-0.25, -0.2) is 0 Å². The van der Waals surface area contributed by atoms with Gasteiger partial charge in [0.25, 0.3) is 0 Å². The van der Waals surface area contributed by atoms with Crippen LogP contribution in [0.2, 0.25) is 0 Å². The Morgan fingerprint density at radius 3 is 1.94 bits per heavy atom. The number of allylic oxidation sites excluding steroid dienone is 2. The van der Waals surface area contributed by atoms with Crippen molar-refractivity contribution < 1.29 is 34.4 Å². The molecule has 0 aliphatic heterocycles. The van der Waals surface area contributed by atoms with Crippen molar-refractivity contribution in [1.29, 1.82) is 0 Å². The Morgan fingerprint density at radius 2 is 1.25 bits per heavy atom. The van der Waals surface area contributed by atoms with E-state index in [9.17, 15) is 9.90 Å². The number of aliphatic hydroxyl groups is 1. The van der Waals surface area contributed by atoms with Gasteiger partial charge in [0.2, 0.25) is 0 Å². The summed E-state index contributed by atoms with van der Waals surface area (Å²) in [4.78, 5) is 21.7. The number of pyridine rings is 2. The Balaban J connectivity index is 0.000000144. The Morgan fingerprint density at radius 1 is 0.648 bits per heavy atom. The minimum atomic E-state index is 0. The van der Waals surface area contributed by atoms with Gasteiger partial charge in [-0.05, 0) is 106 Å². The molecule has 0 saturated heterocycles. The van der Waals surface area contributed by atoms with Gasteiger partial charge in [-0.3, -0.25) is 4.79 Å². The van der Waals surface area contributed by atoms with E-state index in [1.54, 1.807) is 0 Å². The number of rotatable bonds is 9. The molecule has 0 spiro atoms. The molecule has 71 heavy (non-hydrogen) atoms. The quantitative estimate of drug-likeness (QED) is 0.0885. The van der Waals surface area contributed by atoms with Crippen molar-refractivity contribution in [3.8, 4) is 22.5 Å². The average Bonchev–Trinajstić information content (AvgIpc) is 4.05. The molecule has 0 amide bonds. The maximum absolute atomic E-state index is 12.3. The first-order valence-corrected chi connectivity index (χ1v) is 26.5. The van der Waals surface area contributed by atoms with E-state index in [-0.39, 0.29) is 25.9 Å². The minimum Gasteiger partial charge on any atom is -0.512 e. The number of para-hydroxylation sites is 1. The molecule has 0 bridgehead atoms. The number of carbonyl (C=O) groups excluding carboxylic acids is 1. The van der Waals surface area contributed by atoms with Crippen LogP contribution >= 0.6 is 0 Å². The largest absolute Gasteiger partial charge is 0.512 e. The Hall–Kier alpha value is -5.42. The second kappa shape index (κ2) is 23.9. The van der Waals surface area contributed by atoms with Crippen LogP contribution < -0.4 is 0 Å². The molecule has 5 nitrogen and oxygen atoms in total. The zero-order chi connectivity index (χ0) is 48.7. The average molecular weight is 1120 g/mol. The number of aliphatic hydroxyl groups excluding tert-OH is 1. The molecule has 371 valence electrons. The summed E-state index contributed by atoms with van der Waals surface area (Å²) >= 11 is 0. The number of aryl methyl sites for hydroxylation is 3. The maximum Gasteiger partial charge on any atom is 0.162 e. The number of Topliss-reactive ketones (excluding diaryl/α,β-unsaturated/α-hetero) is 1. The third-order valence-corrected chi connectivity index (χ3v) is 15.5. The number of ketones is 1. The van der Waals surface area contributed by atoms with E-state index in [0.29, 0.717) is 35.5 Å². The SMILES string of the molecule is C/C(C(=O)CC1CCCCC1)=C(/O)CC1CCCCC1.Cc1[c-]c(-c2nccc3cc(C(C)C)ccc23)c2oc3ccccc3c2c1.Cc1[c-]c(-c2nccc3cc(C4CCCC4)ccc23)cc(C)c1.[Ir]. The predicted molar refractivity (Wildman–Crippen MR) is 292 cm³/mol. The molecule has 0 unspecified atom stereocenters. The van der Waals surface area contributed by atoms with Gasteiger partial charge in [-0.2, -0.15) is 0 Å². The molecule has 1 N–H and O–H groups in total. The van der Waals surface area contributed by atoms with E-state index in [2.05, 4.69) is 125 Å².